The summed E-state index contributed by atoms with van der Waals surface area (Å²) in [6.45, 7) is 4.43. The quantitative estimate of drug-likeness (QED) is 0.907. The fourth-order valence-electron chi connectivity index (χ4n) is 3.89. The molecule has 4 rings (SSSR count). The number of hydrogen-bond acceptors (Lipinski definition) is 3. The van der Waals surface area contributed by atoms with Crippen molar-refractivity contribution in [3.8, 4) is 0 Å². The minimum Gasteiger partial charge on any atom is -0.343 e. The van der Waals surface area contributed by atoms with E-state index in [1.165, 1.54) is 11.1 Å². The van der Waals surface area contributed by atoms with E-state index < -0.39 is 0 Å². The number of carbonyl (C=O) groups is 2. The Bertz CT molecular complexity index is 656. The van der Waals surface area contributed by atoms with Crippen molar-refractivity contribution in [1.29, 1.82) is 0 Å². The smallest absolute Gasteiger partial charge is 0.245 e. The first-order valence-corrected chi connectivity index (χ1v) is 9.05. The molecule has 2 heterocycles. The summed E-state index contributed by atoms with van der Waals surface area (Å²) in [6.07, 6.45) is 3.97. The zero-order valence-corrected chi connectivity index (χ0v) is 14.2. The molecule has 1 aliphatic carbocycles. The van der Waals surface area contributed by atoms with Gasteiger partial charge in [0.25, 0.3) is 0 Å². The van der Waals surface area contributed by atoms with Crippen LogP contribution < -0.4 is 5.32 Å². The number of hydrogen-bond donors (Lipinski definition) is 1. The molecule has 3 aliphatic rings. The number of amides is 2. The molecule has 1 saturated heterocycles. The Morgan fingerprint density at radius 3 is 2.67 bits per heavy atom. The Balaban J connectivity index is 1.36. The van der Waals surface area contributed by atoms with Gasteiger partial charge in [-0.3, -0.25) is 14.5 Å². The van der Waals surface area contributed by atoms with Crippen LogP contribution in [0.3, 0.4) is 0 Å². The molecule has 5 nitrogen and oxygen atoms in total. The van der Waals surface area contributed by atoms with Gasteiger partial charge >= 0.3 is 0 Å². The van der Waals surface area contributed by atoms with Crippen LogP contribution in [0.2, 0.25) is 0 Å². The second-order valence-electron chi connectivity index (χ2n) is 7.28. The van der Waals surface area contributed by atoms with Crippen molar-refractivity contribution in [3.05, 3.63) is 35.4 Å². The van der Waals surface area contributed by atoms with Gasteiger partial charge in [0.05, 0.1) is 6.04 Å². The summed E-state index contributed by atoms with van der Waals surface area (Å²) in [7, 11) is 0. The number of carbonyl (C=O) groups excluding carboxylic acids is 2. The molecule has 2 aliphatic heterocycles. The van der Waals surface area contributed by atoms with Gasteiger partial charge in [-0.15, -0.1) is 0 Å². The first-order chi connectivity index (χ1) is 11.6. The topological polar surface area (TPSA) is 52.7 Å². The van der Waals surface area contributed by atoms with E-state index in [1.807, 2.05) is 11.8 Å². The molecule has 2 fully saturated rings. The van der Waals surface area contributed by atoms with Crippen molar-refractivity contribution < 1.29 is 9.59 Å². The van der Waals surface area contributed by atoms with Crippen LogP contribution in [0.5, 0.6) is 0 Å². The molecule has 1 aromatic carbocycles. The third kappa shape index (κ3) is 2.93. The van der Waals surface area contributed by atoms with Gasteiger partial charge in [-0.25, -0.2) is 0 Å². The van der Waals surface area contributed by atoms with Crippen molar-refractivity contribution in [2.75, 3.05) is 13.1 Å². The van der Waals surface area contributed by atoms with E-state index in [-0.39, 0.29) is 23.9 Å². The van der Waals surface area contributed by atoms with E-state index in [0.29, 0.717) is 6.04 Å². The number of rotatable bonds is 4. The SMILES string of the molecule is C[C@H](C(=O)N[C@@H]1CCN(C2CC2)C1=O)N1CCc2ccccc2C1. The number of fused-ring (bicyclic) bond motifs is 1. The van der Waals surface area contributed by atoms with E-state index in [0.717, 1.165) is 45.3 Å². The minimum atomic E-state index is -0.322. The predicted molar refractivity (Wildman–Crippen MR) is 91.3 cm³/mol. The molecular formula is C19H25N3O2. The normalized spacial score (nSPS) is 25.5. The van der Waals surface area contributed by atoms with Crippen molar-refractivity contribution in [2.45, 2.75) is 57.3 Å². The highest BCUT2D eigenvalue weighted by Gasteiger charge is 2.41. The highest BCUT2D eigenvalue weighted by atomic mass is 16.2. The Kier molecular flexibility index (Phi) is 4.04. The van der Waals surface area contributed by atoms with Gasteiger partial charge in [0, 0.05) is 25.7 Å². The fraction of sp³-hybridized carbons (Fsp3) is 0.579. The van der Waals surface area contributed by atoms with Crippen LogP contribution in [0.1, 0.15) is 37.3 Å². The van der Waals surface area contributed by atoms with Crippen LogP contribution in [-0.2, 0) is 22.6 Å². The number of nitrogens with zero attached hydrogens (tertiary/aromatic N) is 2. The number of likely N-dealkylation sites (tertiary alicyclic amines) is 1. The monoisotopic (exact) mass is 327 g/mol. The highest BCUT2D eigenvalue weighted by Crippen LogP contribution is 2.30. The van der Waals surface area contributed by atoms with Gasteiger partial charge in [-0.1, -0.05) is 24.3 Å². The van der Waals surface area contributed by atoms with E-state index in [2.05, 4.69) is 34.5 Å². The van der Waals surface area contributed by atoms with Crippen molar-refractivity contribution in [2.24, 2.45) is 0 Å². The minimum absolute atomic E-state index is 0.0228. The lowest BCUT2D eigenvalue weighted by molar-refractivity contribution is -0.134. The van der Waals surface area contributed by atoms with Gasteiger partial charge in [-0.05, 0) is 43.7 Å². The van der Waals surface area contributed by atoms with Crippen molar-refractivity contribution in [1.82, 2.24) is 15.1 Å². The molecule has 0 bridgehead atoms. The van der Waals surface area contributed by atoms with Crippen LogP contribution in [0.4, 0.5) is 0 Å². The zero-order valence-electron chi connectivity index (χ0n) is 14.2. The summed E-state index contributed by atoms with van der Waals surface area (Å²) in [4.78, 5) is 29.2. The predicted octanol–water partition coefficient (Wildman–Crippen LogP) is 1.31. The lowest BCUT2D eigenvalue weighted by Crippen LogP contribution is -2.51. The Morgan fingerprint density at radius 2 is 1.92 bits per heavy atom. The lowest BCUT2D eigenvalue weighted by Gasteiger charge is -2.33. The first-order valence-electron chi connectivity index (χ1n) is 9.05. The molecular weight excluding hydrogens is 302 g/mol. The van der Waals surface area contributed by atoms with Crippen LogP contribution in [-0.4, -0.2) is 52.8 Å². The maximum Gasteiger partial charge on any atom is 0.245 e. The second kappa shape index (κ2) is 6.20. The molecule has 1 aromatic rings. The van der Waals surface area contributed by atoms with Gasteiger partial charge in [-0.2, -0.15) is 0 Å². The van der Waals surface area contributed by atoms with E-state index in [1.54, 1.807) is 0 Å². The fourth-order valence-corrected chi connectivity index (χ4v) is 3.89. The summed E-state index contributed by atoms with van der Waals surface area (Å²) in [5, 5.41) is 2.99. The largest absolute Gasteiger partial charge is 0.343 e. The van der Waals surface area contributed by atoms with E-state index in [9.17, 15) is 9.59 Å². The van der Waals surface area contributed by atoms with Gasteiger partial charge in [0.15, 0.2) is 0 Å². The van der Waals surface area contributed by atoms with Crippen molar-refractivity contribution >= 4 is 11.8 Å². The number of benzene rings is 1. The Morgan fingerprint density at radius 1 is 1.17 bits per heavy atom. The average molecular weight is 327 g/mol. The third-order valence-electron chi connectivity index (χ3n) is 5.63. The average Bonchev–Trinajstić information content (AvgIpc) is 3.39. The lowest BCUT2D eigenvalue weighted by atomic mass is 9.98. The summed E-state index contributed by atoms with van der Waals surface area (Å²) in [6, 6.07) is 8.34. The Labute approximate surface area is 143 Å². The van der Waals surface area contributed by atoms with Gasteiger partial charge < -0.3 is 10.2 Å². The standard InChI is InChI=1S/C19H25N3O2/c1-13(21-10-8-14-4-2-3-5-15(14)12-21)18(23)20-17-9-11-22(19(17)24)16-6-7-16/h2-5,13,16-17H,6-12H2,1H3,(H,20,23)/t13-,17-/m1/s1. The van der Waals surface area contributed by atoms with Crippen LogP contribution in [0.25, 0.3) is 0 Å². The molecule has 0 spiro atoms. The van der Waals surface area contributed by atoms with Crippen molar-refractivity contribution in [3.63, 3.8) is 0 Å². The van der Waals surface area contributed by atoms with Crippen LogP contribution in [0.15, 0.2) is 24.3 Å². The van der Waals surface area contributed by atoms with Gasteiger partial charge in [0.2, 0.25) is 11.8 Å². The zero-order chi connectivity index (χ0) is 16.7. The molecule has 0 radical (unpaired) electrons. The summed E-state index contributed by atoms with van der Waals surface area (Å²) in [5.41, 5.74) is 2.69. The molecule has 1 N–H and O–H groups in total. The highest BCUT2D eigenvalue weighted by molar-refractivity contribution is 5.91. The molecule has 128 valence electrons. The summed E-state index contributed by atoms with van der Waals surface area (Å²) < 4.78 is 0. The second-order valence-corrected chi connectivity index (χ2v) is 7.28. The molecule has 24 heavy (non-hydrogen) atoms. The van der Waals surface area contributed by atoms with Gasteiger partial charge in [0.1, 0.15) is 6.04 Å². The maximum atomic E-state index is 12.6. The molecule has 2 amide bonds. The van der Waals surface area contributed by atoms with E-state index in [4.69, 9.17) is 0 Å². The van der Waals surface area contributed by atoms with E-state index >= 15 is 0 Å². The number of nitrogens with one attached hydrogen (secondary N) is 1. The molecule has 2 atom stereocenters. The molecule has 1 saturated carbocycles. The first kappa shape index (κ1) is 15.6. The molecule has 0 unspecified atom stereocenters. The van der Waals surface area contributed by atoms with Crippen LogP contribution >= 0.6 is 0 Å². The molecule has 5 heteroatoms. The summed E-state index contributed by atoms with van der Waals surface area (Å²) in [5.74, 6) is 0.0902. The summed E-state index contributed by atoms with van der Waals surface area (Å²) >= 11 is 0. The molecule has 0 aromatic heterocycles. The Hall–Kier alpha value is -1.88. The van der Waals surface area contributed by atoms with Crippen LogP contribution in [0, 0.1) is 0 Å². The maximum absolute atomic E-state index is 12.6. The third-order valence-corrected chi connectivity index (χ3v) is 5.63.